The Balaban J connectivity index is 1.98. The third-order valence-electron chi connectivity index (χ3n) is 4.19. The van der Waals surface area contributed by atoms with E-state index in [9.17, 15) is 14.0 Å². The van der Waals surface area contributed by atoms with Crippen LogP contribution in [0.15, 0.2) is 18.2 Å². The molecule has 0 bridgehead atoms. The molecule has 2 atom stereocenters. The highest BCUT2D eigenvalue weighted by Crippen LogP contribution is 2.24. The maximum Gasteiger partial charge on any atom is 0.310 e. The molecule has 0 unspecified atom stereocenters. The van der Waals surface area contributed by atoms with Crippen molar-refractivity contribution in [3.8, 4) is 0 Å². The minimum Gasteiger partial charge on any atom is -0.466 e. The van der Waals surface area contributed by atoms with Gasteiger partial charge in [0.2, 0.25) is 5.91 Å². The fourth-order valence-corrected chi connectivity index (χ4v) is 3.02. The van der Waals surface area contributed by atoms with Gasteiger partial charge in [-0.05, 0) is 51.4 Å². The third kappa shape index (κ3) is 4.68. The summed E-state index contributed by atoms with van der Waals surface area (Å²) in [6, 6.07) is 3.40. The topological polar surface area (TPSA) is 58.6 Å². The molecule has 24 heavy (non-hydrogen) atoms. The summed E-state index contributed by atoms with van der Waals surface area (Å²) in [5, 5.41) is 2.86. The summed E-state index contributed by atoms with van der Waals surface area (Å²) in [6.07, 6.45) is 1.60. The van der Waals surface area contributed by atoms with Crippen molar-refractivity contribution in [3.05, 3.63) is 29.0 Å². The van der Waals surface area contributed by atoms with Crippen LogP contribution in [0, 0.1) is 11.7 Å². The van der Waals surface area contributed by atoms with Crippen LogP contribution in [0.4, 0.5) is 10.1 Å². The number of amides is 1. The maximum atomic E-state index is 13.1. The van der Waals surface area contributed by atoms with E-state index < -0.39 is 11.9 Å². The van der Waals surface area contributed by atoms with Gasteiger partial charge < -0.3 is 10.1 Å². The molecule has 1 aliphatic rings. The zero-order chi connectivity index (χ0) is 17.7. The lowest BCUT2D eigenvalue weighted by Gasteiger charge is -2.35. The van der Waals surface area contributed by atoms with Crippen molar-refractivity contribution in [2.75, 3.05) is 25.0 Å². The molecule has 2 rings (SSSR count). The molecule has 1 aromatic carbocycles. The molecule has 1 heterocycles. The average molecular weight is 357 g/mol. The standard InChI is InChI=1S/C17H22ClFN2O3/c1-3-24-17(23)12-5-4-8-21(10-12)11(2)16(22)20-15-7-6-13(19)9-14(15)18/h6-7,9,11-12H,3-5,8,10H2,1-2H3,(H,20,22)/t11-,12-/m0/s1. The van der Waals surface area contributed by atoms with E-state index in [4.69, 9.17) is 16.3 Å². The van der Waals surface area contributed by atoms with Crippen molar-refractivity contribution in [3.63, 3.8) is 0 Å². The van der Waals surface area contributed by atoms with Gasteiger partial charge in [0.1, 0.15) is 5.82 Å². The van der Waals surface area contributed by atoms with Gasteiger partial charge in [-0.15, -0.1) is 0 Å². The van der Waals surface area contributed by atoms with Gasteiger partial charge in [0.15, 0.2) is 0 Å². The minimum atomic E-state index is -0.459. The van der Waals surface area contributed by atoms with Crippen LogP contribution < -0.4 is 5.32 Å². The lowest BCUT2D eigenvalue weighted by molar-refractivity contribution is -0.150. The van der Waals surface area contributed by atoms with Crippen molar-refractivity contribution in [1.82, 2.24) is 4.90 Å². The number of rotatable bonds is 5. The van der Waals surface area contributed by atoms with Gasteiger partial charge in [-0.1, -0.05) is 11.6 Å². The van der Waals surface area contributed by atoms with Gasteiger partial charge in [-0.25, -0.2) is 4.39 Å². The Labute approximate surface area is 146 Å². The lowest BCUT2D eigenvalue weighted by Crippen LogP contribution is -2.48. The number of esters is 1. The van der Waals surface area contributed by atoms with Crippen LogP contribution >= 0.6 is 11.6 Å². The zero-order valence-corrected chi connectivity index (χ0v) is 14.6. The van der Waals surface area contributed by atoms with Crippen LogP contribution in [-0.2, 0) is 14.3 Å². The monoisotopic (exact) mass is 356 g/mol. The highest BCUT2D eigenvalue weighted by Gasteiger charge is 2.31. The van der Waals surface area contributed by atoms with Gasteiger partial charge in [0, 0.05) is 6.54 Å². The highest BCUT2D eigenvalue weighted by atomic mass is 35.5. The number of nitrogens with one attached hydrogen (secondary N) is 1. The van der Waals surface area contributed by atoms with Crippen molar-refractivity contribution < 1.29 is 18.7 Å². The minimum absolute atomic E-state index is 0.151. The van der Waals surface area contributed by atoms with Crippen LogP contribution in [0.1, 0.15) is 26.7 Å². The van der Waals surface area contributed by atoms with E-state index in [0.717, 1.165) is 25.5 Å². The molecule has 1 N–H and O–H groups in total. The molecule has 1 fully saturated rings. The molecule has 0 radical (unpaired) electrons. The fourth-order valence-electron chi connectivity index (χ4n) is 2.80. The van der Waals surface area contributed by atoms with Gasteiger partial charge in [-0.2, -0.15) is 0 Å². The van der Waals surface area contributed by atoms with Gasteiger partial charge in [0.25, 0.3) is 0 Å². The number of benzene rings is 1. The Morgan fingerprint density at radius 2 is 2.25 bits per heavy atom. The molecule has 1 aliphatic heterocycles. The number of hydrogen-bond donors (Lipinski definition) is 1. The number of carbonyl (C=O) groups is 2. The van der Waals surface area contributed by atoms with E-state index in [2.05, 4.69) is 5.32 Å². The van der Waals surface area contributed by atoms with E-state index in [1.807, 2.05) is 4.90 Å². The molecule has 1 amide bonds. The number of piperidine rings is 1. The van der Waals surface area contributed by atoms with Gasteiger partial charge in [0.05, 0.1) is 29.3 Å². The molecule has 0 aliphatic carbocycles. The molecular formula is C17H22ClFN2O3. The third-order valence-corrected chi connectivity index (χ3v) is 4.50. The highest BCUT2D eigenvalue weighted by molar-refractivity contribution is 6.33. The number of hydrogen-bond acceptors (Lipinski definition) is 4. The first-order chi connectivity index (χ1) is 11.4. The van der Waals surface area contributed by atoms with Crippen LogP contribution in [0.2, 0.25) is 5.02 Å². The maximum absolute atomic E-state index is 13.1. The smallest absolute Gasteiger partial charge is 0.310 e. The normalized spacial score (nSPS) is 19.6. The van der Waals surface area contributed by atoms with E-state index in [0.29, 0.717) is 18.8 Å². The summed E-state index contributed by atoms with van der Waals surface area (Å²) in [6.45, 7) is 5.14. The molecule has 1 saturated heterocycles. The molecule has 7 heteroatoms. The second-order valence-corrected chi connectivity index (χ2v) is 6.28. The summed E-state index contributed by atoms with van der Waals surface area (Å²) in [7, 11) is 0. The average Bonchev–Trinajstić information content (AvgIpc) is 2.57. The Morgan fingerprint density at radius 1 is 1.50 bits per heavy atom. The Bertz CT molecular complexity index is 611. The quantitative estimate of drug-likeness (QED) is 0.824. The first kappa shape index (κ1) is 18.7. The van der Waals surface area contributed by atoms with Gasteiger partial charge >= 0.3 is 5.97 Å². The van der Waals surface area contributed by atoms with E-state index in [1.165, 1.54) is 12.1 Å². The predicted molar refractivity (Wildman–Crippen MR) is 90.4 cm³/mol. The Hall–Kier alpha value is -1.66. The van der Waals surface area contributed by atoms with Crippen LogP contribution in [0.5, 0.6) is 0 Å². The molecule has 0 aromatic heterocycles. The van der Waals surface area contributed by atoms with E-state index in [-0.39, 0.29) is 22.8 Å². The Morgan fingerprint density at radius 3 is 2.92 bits per heavy atom. The number of ether oxygens (including phenoxy) is 1. The Kier molecular flexibility index (Phi) is 6.57. The largest absolute Gasteiger partial charge is 0.466 e. The molecular weight excluding hydrogens is 335 g/mol. The summed E-state index contributed by atoms with van der Waals surface area (Å²) >= 11 is 5.93. The van der Waals surface area contributed by atoms with Crippen molar-refractivity contribution >= 4 is 29.2 Å². The molecule has 0 saturated carbocycles. The van der Waals surface area contributed by atoms with Crippen LogP contribution in [-0.4, -0.2) is 42.5 Å². The number of anilines is 1. The predicted octanol–water partition coefficient (Wildman–Crippen LogP) is 3.08. The van der Waals surface area contributed by atoms with E-state index >= 15 is 0 Å². The molecule has 1 aromatic rings. The van der Waals surface area contributed by atoms with Crippen molar-refractivity contribution in [2.45, 2.75) is 32.7 Å². The molecule has 5 nitrogen and oxygen atoms in total. The second-order valence-electron chi connectivity index (χ2n) is 5.88. The molecule has 0 spiro atoms. The summed E-state index contributed by atoms with van der Waals surface area (Å²) in [5.41, 5.74) is 0.369. The van der Waals surface area contributed by atoms with Crippen molar-refractivity contribution in [1.29, 1.82) is 0 Å². The summed E-state index contributed by atoms with van der Waals surface area (Å²) in [4.78, 5) is 26.3. The van der Waals surface area contributed by atoms with Crippen LogP contribution in [0.3, 0.4) is 0 Å². The molecule has 132 valence electrons. The number of nitrogens with zero attached hydrogens (tertiary/aromatic N) is 1. The van der Waals surface area contributed by atoms with Crippen molar-refractivity contribution in [2.24, 2.45) is 5.92 Å². The number of halogens is 2. The first-order valence-electron chi connectivity index (χ1n) is 8.09. The van der Waals surface area contributed by atoms with E-state index in [1.54, 1.807) is 13.8 Å². The van der Waals surface area contributed by atoms with Gasteiger partial charge in [-0.3, -0.25) is 14.5 Å². The fraction of sp³-hybridized carbons (Fsp3) is 0.529. The summed E-state index contributed by atoms with van der Waals surface area (Å²) < 4.78 is 18.1. The second kappa shape index (κ2) is 8.44. The SMILES string of the molecule is CCOC(=O)[C@H]1CCCN([C@@H](C)C(=O)Nc2ccc(F)cc2Cl)C1. The van der Waals surface area contributed by atoms with Crippen LogP contribution in [0.25, 0.3) is 0 Å². The zero-order valence-electron chi connectivity index (χ0n) is 13.9. The lowest BCUT2D eigenvalue weighted by atomic mass is 9.97. The first-order valence-corrected chi connectivity index (χ1v) is 8.46. The summed E-state index contributed by atoms with van der Waals surface area (Å²) in [5.74, 6) is -1.12. The number of carbonyl (C=O) groups excluding carboxylic acids is 2. The number of likely N-dealkylation sites (tertiary alicyclic amines) is 1.